The van der Waals surface area contributed by atoms with Gasteiger partial charge in [-0.15, -0.1) is 0 Å². The fourth-order valence-corrected chi connectivity index (χ4v) is 1.50. The quantitative estimate of drug-likeness (QED) is 0.435. The third kappa shape index (κ3) is 1.80. The summed E-state index contributed by atoms with van der Waals surface area (Å²) < 4.78 is 4.81. The summed E-state index contributed by atoms with van der Waals surface area (Å²) in [5, 5.41) is 9.50. The molecule has 0 saturated carbocycles. The first-order valence-corrected chi connectivity index (χ1v) is 4.81. The summed E-state index contributed by atoms with van der Waals surface area (Å²) in [6, 6.07) is -1.24. The average Bonchev–Trinajstić information content (AvgIpc) is 2.31. The molecule has 18 heavy (non-hydrogen) atoms. The Balaban J connectivity index is 2.46. The van der Waals surface area contributed by atoms with Crippen LogP contribution in [0.5, 0.6) is 0 Å². The maximum Gasteiger partial charge on any atom is 0.384 e. The molecule has 1 unspecified atom stereocenters. The Kier molecular flexibility index (Phi) is 2.55. The van der Waals surface area contributed by atoms with E-state index in [0.29, 0.717) is 6.08 Å². The molecule has 1 saturated heterocycles. The van der Waals surface area contributed by atoms with Crippen LogP contribution < -0.4 is 0 Å². The van der Waals surface area contributed by atoms with Gasteiger partial charge in [-0.05, 0) is 6.92 Å². The van der Waals surface area contributed by atoms with Crippen LogP contribution in [0, 0.1) is 0 Å². The minimum atomic E-state index is -1.82. The van der Waals surface area contributed by atoms with Crippen molar-refractivity contribution in [2.75, 3.05) is 6.54 Å². The van der Waals surface area contributed by atoms with E-state index in [9.17, 15) is 24.4 Å². The molecule has 0 aliphatic carbocycles. The van der Waals surface area contributed by atoms with Crippen molar-refractivity contribution in [3.05, 3.63) is 12.2 Å². The van der Waals surface area contributed by atoms with Gasteiger partial charge in [0.15, 0.2) is 0 Å². The van der Waals surface area contributed by atoms with Crippen molar-refractivity contribution in [2.24, 2.45) is 0 Å². The largest absolute Gasteiger partial charge is 0.444 e. The van der Waals surface area contributed by atoms with Crippen LogP contribution in [-0.2, 0) is 24.0 Å². The molecule has 1 fully saturated rings. The van der Waals surface area contributed by atoms with Crippen LogP contribution in [-0.4, -0.2) is 51.4 Å². The highest BCUT2D eigenvalue weighted by Gasteiger charge is 2.52. The molecule has 0 aromatic carbocycles. The van der Waals surface area contributed by atoms with Gasteiger partial charge in [-0.3, -0.25) is 10.0 Å². The zero-order chi connectivity index (χ0) is 13.5. The standard InChI is InChI=1S/C9H8N2O7/c1-9-4-10(16)8(15)11(7(9)14)18-6(13)3-2-5(12)17-9/h2-3,16H,4H2,1H3/b3-2+. The van der Waals surface area contributed by atoms with Crippen molar-refractivity contribution in [3.8, 4) is 0 Å². The van der Waals surface area contributed by atoms with Gasteiger partial charge in [-0.1, -0.05) is 5.06 Å². The highest BCUT2D eigenvalue weighted by Crippen LogP contribution is 2.24. The van der Waals surface area contributed by atoms with Crippen molar-refractivity contribution in [1.82, 2.24) is 10.1 Å². The second-order valence-electron chi connectivity index (χ2n) is 3.84. The van der Waals surface area contributed by atoms with E-state index in [-0.39, 0.29) is 10.1 Å². The van der Waals surface area contributed by atoms with Gasteiger partial charge >= 0.3 is 23.9 Å². The normalized spacial score (nSPS) is 30.1. The monoisotopic (exact) mass is 256 g/mol. The molecule has 9 heteroatoms. The maximum absolute atomic E-state index is 11.9. The van der Waals surface area contributed by atoms with Gasteiger partial charge in [0.2, 0.25) is 5.60 Å². The number of ether oxygens (including phenoxy) is 1. The third-order valence-corrected chi connectivity index (χ3v) is 2.35. The zero-order valence-electron chi connectivity index (χ0n) is 9.15. The molecule has 1 N–H and O–H groups in total. The lowest BCUT2D eigenvalue weighted by Gasteiger charge is -2.38. The Hall–Kier alpha value is -2.42. The maximum atomic E-state index is 11.9. The zero-order valence-corrected chi connectivity index (χ0v) is 9.15. The van der Waals surface area contributed by atoms with Crippen LogP contribution in [0.4, 0.5) is 4.79 Å². The molecule has 2 heterocycles. The van der Waals surface area contributed by atoms with E-state index in [1.54, 1.807) is 0 Å². The Labute approximate surface area is 100 Å². The minimum Gasteiger partial charge on any atom is -0.444 e. The van der Waals surface area contributed by atoms with Gasteiger partial charge in [0, 0.05) is 12.2 Å². The van der Waals surface area contributed by atoms with Crippen LogP contribution in [0.25, 0.3) is 0 Å². The topological polar surface area (TPSA) is 113 Å². The molecule has 0 aromatic rings. The smallest absolute Gasteiger partial charge is 0.384 e. The lowest BCUT2D eigenvalue weighted by molar-refractivity contribution is -0.222. The molecule has 2 aliphatic rings. The Morgan fingerprint density at radius 1 is 1.22 bits per heavy atom. The highest BCUT2D eigenvalue weighted by molar-refractivity contribution is 6.04. The second kappa shape index (κ2) is 3.81. The van der Waals surface area contributed by atoms with E-state index in [4.69, 9.17) is 4.74 Å². The van der Waals surface area contributed by atoms with Crippen LogP contribution in [0.15, 0.2) is 12.2 Å². The van der Waals surface area contributed by atoms with Crippen molar-refractivity contribution < 1.29 is 34.0 Å². The summed E-state index contributed by atoms with van der Waals surface area (Å²) >= 11 is 0. The molecule has 2 aliphatic heterocycles. The lowest BCUT2D eigenvalue weighted by atomic mass is 10.0. The summed E-state index contributed by atoms with van der Waals surface area (Å²) in [7, 11) is 0. The Morgan fingerprint density at radius 3 is 2.50 bits per heavy atom. The number of fused-ring (bicyclic) bond motifs is 2. The fraction of sp³-hybridized carbons (Fsp3) is 0.333. The van der Waals surface area contributed by atoms with Crippen LogP contribution in [0.3, 0.4) is 0 Å². The van der Waals surface area contributed by atoms with Crippen LogP contribution in [0.2, 0.25) is 0 Å². The van der Waals surface area contributed by atoms with Crippen molar-refractivity contribution in [3.63, 3.8) is 0 Å². The Bertz CT molecular complexity index is 485. The molecule has 9 nitrogen and oxygen atoms in total. The predicted molar refractivity (Wildman–Crippen MR) is 50.5 cm³/mol. The second-order valence-corrected chi connectivity index (χ2v) is 3.84. The minimum absolute atomic E-state index is 0.0504. The van der Waals surface area contributed by atoms with E-state index in [1.807, 2.05) is 0 Å². The van der Waals surface area contributed by atoms with Crippen LogP contribution >= 0.6 is 0 Å². The molecule has 0 spiro atoms. The van der Waals surface area contributed by atoms with Gasteiger partial charge in [-0.25, -0.2) is 14.4 Å². The molecular formula is C9H8N2O7. The van der Waals surface area contributed by atoms with Crippen molar-refractivity contribution in [2.45, 2.75) is 12.5 Å². The molecule has 2 rings (SSSR count). The van der Waals surface area contributed by atoms with Crippen molar-refractivity contribution >= 4 is 23.9 Å². The first kappa shape index (κ1) is 12.0. The number of rotatable bonds is 0. The fourth-order valence-electron chi connectivity index (χ4n) is 1.50. The highest BCUT2D eigenvalue weighted by atomic mass is 16.7. The molecule has 96 valence electrons. The average molecular weight is 256 g/mol. The number of hydroxylamine groups is 4. The number of hydrogen-bond donors (Lipinski definition) is 1. The van der Waals surface area contributed by atoms with Gasteiger partial charge < -0.3 is 9.57 Å². The summed E-state index contributed by atoms with van der Waals surface area (Å²) in [5.74, 6) is -3.14. The first-order chi connectivity index (χ1) is 8.33. The van der Waals surface area contributed by atoms with Gasteiger partial charge in [-0.2, -0.15) is 5.06 Å². The van der Waals surface area contributed by atoms with Gasteiger partial charge in [0.25, 0.3) is 0 Å². The van der Waals surface area contributed by atoms with Gasteiger partial charge in [0.1, 0.15) is 0 Å². The van der Waals surface area contributed by atoms with Crippen LogP contribution in [0.1, 0.15) is 6.92 Å². The van der Waals surface area contributed by atoms with E-state index < -0.39 is 36.0 Å². The number of carbonyl (C=O) groups excluding carboxylic acids is 4. The summed E-state index contributed by atoms with van der Waals surface area (Å²) in [5.41, 5.74) is -1.82. The number of amides is 3. The molecule has 3 amide bonds. The van der Waals surface area contributed by atoms with Crippen molar-refractivity contribution in [1.29, 1.82) is 0 Å². The van der Waals surface area contributed by atoms with E-state index in [0.717, 1.165) is 6.08 Å². The molecule has 2 bridgehead atoms. The van der Waals surface area contributed by atoms with E-state index >= 15 is 0 Å². The number of imide groups is 1. The molecule has 1 atom stereocenters. The number of carbonyl (C=O) groups is 4. The first-order valence-electron chi connectivity index (χ1n) is 4.81. The number of urea groups is 1. The summed E-state index contributed by atoms with van der Waals surface area (Å²) in [6.07, 6.45) is 1.46. The number of hydrogen-bond acceptors (Lipinski definition) is 7. The SMILES string of the molecule is CC12CN(O)C(=O)N(OC(=O)/C=C/C(=O)O1)C2=O. The lowest BCUT2D eigenvalue weighted by Crippen LogP contribution is -2.64. The summed E-state index contributed by atoms with van der Waals surface area (Å²) in [6.45, 7) is 0.626. The molecular weight excluding hydrogens is 248 g/mol. The predicted octanol–water partition coefficient (Wildman–Crippen LogP) is -1.03. The Morgan fingerprint density at radius 2 is 1.83 bits per heavy atom. The van der Waals surface area contributed by atoms with E-state index in [1.165, 1.54) is 6.92 Å². The third-order valence-electron chi connectivity index (χ3n) is 2.35. The molecule has 0 aromatic heterocycles. The summed E-state index contributed by atoms with van der Waals surface area (Å²) in [4.78, 5) is 50.2. The number of nitrogens with zero attached hydrogens (tertiary/aromatic N) is 2. The number of esters is 1. The van der Waals surface area contributed by atoms with Gasteiger partial charge in [0.05, 0.1) is 6.54 Å². The van der Waals surface area contributed by atoms with E-state index in [2.05, 4.69) is 4.84 Å². The molecule has 0 radical (unpaired) electrons.